The summed E-state index contributed by atoms with van der Waals surface area (Å²) in [6.07, 6.45) is -4.86. The van der Waals surface area contributed by atoms with Gasteiger partial charge in [0.2, 0.25) is 0 Å². The van der Waals surface area contributed by atoms with Crippen molar-refractivity contribution in [2.24, 2.45) is 0 Å². The fourth-order valence-electron chi connectivity index (χ4n) is 17.0. The van der Waals surface area contributed by atoms with E-state index in [9.17, 15) is 0 Å². The number of rotatable bonds is 18. The van der Waals surface area contributed by atoms with E-state index >= 15 is 13.2 Å². The molecule has 16 aromatic carbocycles. The number of hydrogen-bond donors (Lipinski definition) is 0. The summed E-state index contributed by atoms with van der Waals surface area (Å²) in [5.74, 6) is 6.35. The Bertz CT molecular complexity index is 7680. The Balaban J connectivity index is 0.808. The molecule has 0 spiro atoms. The SMILES string of the molecule is FC(F)(F)c1ccc(-n2c3ccc(-c4nc(-c5ccccc5)nc(-c5ccccc5)n4)cc3c3cc(-c4nc(-c5ccccc5)nc(-c5ccccc5)n4)ccc32)c(-c2ccc(-c3nc(-c4ccccc4)nc(-c4ccccc4)n3)cc2-n2c3ccc(-c4nc(-c5ccccc5)nc(-c5ccccc5)n4)cc3c3cc(-c4nc(-c5ccccc5)nc(-c5ccccc5)n4)ccc32)c1. The van der Waals surface area contributed by atoms with E-state index < -0.39 is 11.7 Å². The van der Waals surface area contributed by atoms with Crippen molar-refractivity contribution < 1.29 is 13.2 Å². The van der Waals surface area contributed by atoms with Crippen molar-refractivity contribution in [2.75, 3.05) is 0 Å². The van der Waals surface area contributed by atoms with Gasteiger partial charge >= 0.3 is 6.18 Å². The van der Waals surface area contributed by atoms with Crippen molar-refractivity contribution in [1.29, 1.82) is 0 Å². The average molecular weight is 1710 g/mol. The second-order valence-corrected chi connectivity index (χ2v) is 31.8. The molecule has 0 atom stereocenters. The van der Waals surface area contributed by atoms with E-state index in [0.29, 0.717) is 165 Å². The first-order valence-corrected chi connectivity index (χ1v) is 42.9. The molecular formula is C112H68F3N17. The van der Waals surface area contributed by atoms with Crippen LogP contribution in [0.3, 0.4) is 0 Å². The summed E-state index contributed by atoms with van der Waals surface area (Å²) in [5, 5.41) is 2.85. The van der Waals surface area contributed by atoms with Gasteiger partial charge in [-0.15, -0.1) is 0 Å². The first-order valence-electron chi connectivity index (χ1n) is 42.9. The molecule has 0 aliphatic rings. The van der Waals surface area contributed by atoms with Gasteiger partial charge in [-0.3, -0.25) is 0 Å². The number of aromatic nitrogens is 17. The van der Waals surface area contributed by atoms with Crippen LogP contribution in [0.5, 0.6) is 0 Å². The maximum Gasteiger partial charge on any atom is 0.416 e. The zero-order valence-electron chi connectivity index (χ0n) is 70.0. The quantitative estimate of drug-likeness (QED) is 0.0784. The van der Waals surface area contributed by atoms with Crippen LogP contribution in [0, 0.1) is 0 Å². The third-order valence-corrected chi connectivity index (χ3v) is 23.4. The number of nitrogens with zero attached hydrogens (tertiary/aromatic N) is 17. The molecule has 17 nitrogen and oxygen atoms in total. The number of fused-ring (bicyclic) bond motifs is 6. The highest BCUT2D eigenvalue weighted by Crippen LogP contribution is 2.48. The summed E-state index contributed by atoms with van der Waals surface area (Å²) < 4.78 is 54.0. The van der Waals surface area contributed by atoms with Crippen LogP contribution in [-0.2, 0) is 6.18 Å². The minimum atomic E-state index is -4.86. The summed E-state index contributed by atoms with van der Waals surface area (Å²) in [4.78, 5) is 78.1. The minimum Gasteiger partial charge on any atom is -0.309 e. The fraction of sp³-hybridized carbons (Fsp3) is 0.00893. The Labute approximate surface area is 753 Å². The fourth-order valence-corrected chi connectivity index (χ4v) is 17.0. The lowest BCUT2D eigenvalue weighted by Crippen LogP contribution is -2.08. The van der Waals surface area contributed by atoms with Gasteiger partial charge < -0.3 is 9.13 Å². The third kappa shape index (κ3) is 15.1. The van der Waals surface area contributed by atoms with E-state index in [1.54, 1.807) is 6.07 Å². The largest absolute Gasteiger partial charge is 0.416 e. The lowest BCUT2D eigenvalue weighted by molar-refractivity contribution is -0.137. The van der Waals surface area contributed by atoms with E-state index in [0.717, 1.165) is 72.5 Å². The molecule has 0 amide bonds. The van der Waals surface area contributed by atoms with Gasteiger partial charge in [-0.05, 0) is 97.1 Å². The molecular weight excluding hydrogens is 1640 g/mol. The van der Waals surface area contributed by atoms with Gasteiger partial charge in [0.15, 0.2) is 87.4 Å². The monoisotopic (exact) mass is 1710 g/mol. The predicted molar refractivity (Wildman–Crippen MR) is 514 cm³/mol. The standard InChI is InChI=1S/C112H68F3N17/c113-112(114,115)84-56-62-95(131-91-58-52-79(107-121-97(69-31-11-1-12-32-69)116-98(122-107)70-33-13-2-14-34-70)63-86(91)87-64-80(53-59-92(87)131)108-123-99(71-35-15-3-16-36-71)117-100(124-108)72-37-17-4-18-38-72)90(68-84)85-57-51-83(111-129-105(77-47-27-9-28-48-77)120-106(130-111)78-49-29-10-30-50-78)67-96(85)132-93-60-54-81(109-125-101(73-39-19-5-20-40-73)118-102(126-109)74-41-21-6-22-42-74)65-88(93)89-66-82(55-61-94(89)132)110-127-103(75-43-23-7-24-44-75)119-104(128-110)76-45-25-8-26-46-76/h1-68H. The predicted octanol–water partition coefficient (Wildman–Crippen LogP) is 26.5. The number of benzene rings is 16. The van der Waals surface area contributed by atoms with Gasteiger partial charge in [0.1, 0.15) is 0 Å². The number of alkyl halides is 3. The van der Waals surface area contributed by atoms with Gasteiger partial charge in [-0.2, -0.15) is 13.2 Å². The van der Waals surface area contributed by atoms with Crippen molar-refractivity contribution >= 4 is 43.6 Å². The topological polar surface area (TPSA) is 203 Å². The maximum atomic E-state index is 16.6. The van der Waals surface area contributed by atoms with E-state index in [1.165, 1.54) is 6.07 Å². The van der Waals surface area contributed by atoms with Gasteiger partial charge in [0.05, 0.1) is 39.0 Å². The van der Waals surface area contributed by atoms with Crippen molar-refractivity contribution in [2.45, 2.75) is 6.18 Å². The van der Waals surface area contributed by atoms with E-state index in [2.05, 4.69) is 16.7 Å². The molecule has 23 aromatic rings. The first kappa shape index (κ1) is 78.7. The van der Waals surface area contributed by atoms with Gasteiger partial charge in [-0.1, -0.05) is 315 Å². The van der Waals surface area contributed by atoms with E-state index in [1.807, 2.05) is 387 Å². The van der Waals surface area contributed by atoms with Crippen LogP contribution in [0.2, 0.25) is 0 Å². The highest BCUT2D eigenvalue weighted by molar-refractivity contribution is 6.14. The normalized spacial score (nSPS) is 11.6. The van der Waals surface area contributed by atoms with Crippen molar-refractivity contribution in [3.8, 4) is 193 Å². The number of halogens is 3. The molecule has 7 aromatic heterocycles. The molecule has 0 aliphatic heterocycles. The molecule has 132 heavy (non-hydrogen) atoms. The molecule has 7 heterocycles. The zero-order chi connectivity index (χ0) is 88.2. The minimum absolute atomic E-state index is 0.209. The smallest absolute Gasteiger partial charge is 0.309 e. The summed E-state index contributed by atoms with van der Waals surface area (Å²) >= 11 is 0. The Kier molecular flexibility index (Phi) is 19.9. The van der Waals surface area contributed by atoms with Crippen LogP contribution in [0.15, 0.2) is 413 Å². The summed E-state index contributed by atoms with van der Waals surface area (Å²) in [6.45, 7) is 0. The van der Waals surface area contributed by atoms with Crippen molar-refractivity contribution in [3.63, 3.8) is 0 Å². The Morgan fingerprint density at radius 2 is 0.333 bits per heavy atom. The van der Waals surface area contributed by atoms with Gasteiger partial charge in [-0.25, -0.2) is 74.8 Å². The summed E-state index contributed by atoms with van der Waals surface area (Å²) in [7, 11) is 0. The Morgan fingerprint density at radius 3 is 0.538 bits per heavy atom. The Morgan fingerprint density at radius 1 is 0.152 bits per heavy atom. The van der Waals surface area contributed by atoms with Crippen LogP contribution < -0.4 is 0 Å². The second-order valence-electron chi connectivity index (χ2n) is 31.8. The lowest BCUT2D eigenvalue weighted by Gasteiger charge is -2.21. The molecule has 0 N–H and O–H groups in total. The zero-order valence-corrected chi connectivity index (χ0v) is 70.0. The van der Waals surface area contributed by atoms with Crippen molar-refractivity contribution in [3.05, 3.63) is 418 Å². The van der Waals surface area contributed by atoms with Crippen LogP contribution in [-0.4, -0.2) is 83.9 Å². The van der Waals surface area contributed by atoms with E-state index in [4.69, 9.17) is 74.8 Å². The number of hydrogen-bond acceptors (Lipinski definition) is 15. The third-order valence-electron chi connectivity index (χ3n) is 23.4. The van der Waals surface area contributed by atoms with Gasteiger partial charge in [0.25, 0.3) is 0 Å². The molecule has 0 fully saturated rings. The van der Waals surface area contributed by atoms with Crippen LogP contribution >= 0.6 is 0 Å². The average Bonchev–Trinajstić information content (AvgIpc) is 1.55. The Hall–Kier alpha value is -18.0. The van der Waals surface area contributed by atoms with Crippen molar-refractivity contribution in [1.82, 2.24) is 83.9 Å². The summed E-state index contributed by atoms with van der Waals surface area (Å²) in [5.41, 5.74) is 14.0. The molecule has 0 unspecified atom stereocenters. The van der Waals surface area contributed by atoms with Crippen LogP contribution in [0.4, 0.5) is 13.2 Å². The molecule has 0 saturated heterocycles. The highest BCUT2D eigenvalue weighted by Gasteiger charge is 2.34. The molecule has 0 saturated carbocycles. The maximum absolute atomic E-state index is 16.6. The van der Waals surface area contributed by atoms with E-state index in [-0.39, 0.29) is 5.56 Å². The summed E-state index contributed by atoms with van der Waals surface area (Å²) in [6, 6.07) is 132. The second kappa shape index (κ2) is 33.4. The lowest BCUT2D eigenvalue weighted by atomic mass is 9.96. The first-order chi connectivity index (χ1) is 65.0. The van der Waals surface area contributed by atoms with Crippen LogP contribution in [0.25, 0.3) is 237 Å². The molecule has 0 aliphatic carbocycles. The molecule has 622 valence electrons. The molecule has 20 heteroatoms. The van der Waals surface area contributed by atoms with Gasteiger partial charge in [0, 0.05) is 116 Å². The highest BCUT2D eigenvalue weighted by atomic mass is 19.4. The molecule has 23 rings (SSSR count). The molecule has 0 radical (unpaired) electrons. The van der Waals surface area contributed by atoms with Crippen LogP contribution in [0.1, 0.15) is 5.56 Å². The molecule has 0 bridgehead atoms.